The zero-order valence-corrected chi connectivity index (χ0v) is 19.0. The van der Waals surface area contributed by atoms with Crippen molar-refractivity contribution in [3.05, 3.63) is 99.6 Å². The van der Waals surface area contributed by atoms with E-state index >= 15 is 0 Å². The summed E-state index contributed by atoms with van der Waals surface area (Å²) in [5.41, 5.74) is 6.09. The summed E-state index contributed by atoms with van der Waals surface area (Å²) in [6.07, 6.45) is 3.08. The Morgan fingerprint density at radius 1 is 1.12 bits per heavy atom. The first-order valence-corrected chi connectivity index (χ1v) is 11.3. The molecule has 0 fully saturated rings. The number of rotatable bonds is 4. The van der Waals surface area contributed by atoms with Gasteiger partial charge in [0.15, 0.2) is 0 Å². The van der Waals surface area contributed by atoms with Crippen LogP contribution >= 0.6 is 11.6 Å². The predicted molar refractivity (Wildman–Crippen MR) is 128 cm³/mol. The minimum atomic E-state index is -0.141. The number of imidazole rings is 1. The third-order valence-electron chi connectivity index (χ3n) is 6.21. The van der Waals surface area contributed by atoms with Gasteiger partial charge in [-0.1, -0.05) is 35.9 Å². The van der Waals surface area contributed by atoms with Crippen LogP contribution in [0.5, 0.6) is 0 Å². The fraction of sp³-hybridized carbons (Fsp3) is 0.160. The molecular formula is C25H19ClN7O. The van der Waals surface area contributed by atoms with Crippen molar-refractivity contribution in [1.29, 1.82) is 0 Å². The Hall–Kier alpha value is -4.04. The fourth-order valence-corrected chi connectivity index (χ4v) is 4.86. The Morgan fingerprint density at radius 2 is 1.97 bits per heavy atom. The van der Waals surface area contributed by atoms with Crippen molar-refractivity contribution in [3.8, 4) is 28.1 Å². The van der Waals surface area contributed by atoms with E-state index in [1.54, 1.807) is 16.8 Å². The van der Waals surface area contributed by atoms with E-state index in [-0.39, 0.29) is 11.6 Å². The van der Waals surface area contributed by atoms with Crippen LogP contribution in [-0.2, 0) is 6.42 Å². The average molecular weight is 469 g/mol. The molecule has 5 aromatic rings. The van der Waals surface area contributed by atoms with E-state index < -0.39 is 0 Å². The highest BCUT2D eigenvalue weighted by Gasteiger charge is 2.28. The molecule has 2 aromatic carbocycles. The van der Waals surface area contributed by atoms with E-state index in [9.17, 15) is 4.79 Å². The fourth-order valence-electron chi connectivity index (χ4n) is 4.69. The number of aromatic nitrogens is 7. The van der Waals surface area contributed by atoms with Gasteiger partial charge in [0.2, 0.25) is 0 Å². The van der Waals surface area contributed by atoms with Crippen LogP contribution in [0.4, 0.5) is 0 Å². The Balaban J connectivity index is 1.42. The number of hydrogen-bond acceptors (Lipinski definition) is 5. The summed E-state index contributed by atoms with van der Waals surface area (Å²) < 4.78 is 3.40. The van der Waals surface area contributed by atoms with Crippen molar-refractivity contribution in [2.75, 3.05) is 0 Å². The first-order valence-electron chi connectivity index (χ1n) is 10.9. The summed E-state index contributed by atoms with van der Waals surface area (Å²) in [6, 6.07) is 19.8. The molecule has 6 rings (SSSR count). The summed E-state index contributed by atoms with van der Waals surface area (Å²) in [7, 11) is 0. The van der Waals surface area contributed by atoms with E-state index in [2.05, 4.69) is 26.6 Å². The summed E-state index contributed by atoms with van der Waals surface area (Å²) in [4.78, 5) is 21.7. The zero-order chi connectivity index (χ0) is 23.2. The highest BCUT2D eigenvalue weighted by atomic mass is 35.5. The maximum atomic E-state index is 13.4. The van der Waals surface area contributed by atoms with Crippen molar-refractivity contribution in [1.82, 2.24) is 34.7 Å². The molecule has 1 aliphatic heterocycles. The Morgan fingerprint density at radius 3 is 2.76 bits per heavy atom. The smallest absolute Gasteiger partial charge is 0.252 e. The SMILES string of the molecule is Cc1[nH]c([C@@H]2CCc3cc(-c4cc(Cl)ccc4-n4cnnn4)cc(=O)n32)nc1-c1cc[c]cc1. The van der Waals surface area contributed by atoms with E-state index in [0.717, 1.165) is 58.1 Å². The molecule has 9 heteroatoms. The molecule has 1 radical (unpaired) electrons. The predicted octanol–water partition coefficient (Wildman–Crippen LogP) is 4.18. The van der Waals surface area contributed by atoms with Gasteiger partial charge in [0.25, 0.3) is 5.56 Å². The van der Waals surface area contributed by atoms with Crippen molar-refractivity contribution < 1.29 is 0 Å². The first-order chi connectivity index (χ1) is 16.6. The van der Waals surface area contributed by atoms with Gasteiger partial charge in [-0.05, 0) is 66.1 Å². The van der Waals surface area contributed by atoms with Crippen LogP contribution in [-0.4, -0.2) is 34.7 Å². The van der Waals surface area contributed by atoms with Gasteiger partial charge in [0.05, 0.1) is 17.4 Å². The van der Waals surface area contributed by atoms with Crippen molar-refractivity contribution in [2.45, 2.75) is 25.8 Å². The van der Waals surface area contributed by atoms with Gasteiger partial charge < -0.3 is 9.55 Å². The number of tetrazole rings is 1. The van der Waals surface area contributed by atoms with E-state index in [1.165, 1.54) is 6.33 Å². The number of aromatic amines is 1. The third kappa shape index (κ3) is 3.43. The van der Waals surface area contributed by atoms with Gasteiger partial charge in [0.1, 0.15) is 12.2 Å². The molecule has 0 aliphatic carbocycles. The third-order valence-corrected chi connectivity index (χ3v) is 6.44. The van der Waals surface area contributed by atoms with Crippen LogP contribution in [0.3, 0.4) is 0 Å². The number of H-pyrrole nitrogens is 1. The van der Waals surface area contributed by atoms with Gasteiger partial charge in [-0.15, -0.1) is 5.10 Å². The number of benzene rings is 2. The van der Waals surface area contributed by atoms with Crippen molar-refractivity contribution >= 4 is 11.6 Å². The number of nitrogens with zero attached hydrogens (tertiary/aromatic N) is 6. The van der Waals surface area contributed by atoms with Gasteiger partial charge >= 0.3 is 0 Å². The molecule has 0 saturated heterocycles. The number of fused-ring (bicyclic) bond motifs is 1. The van der Waals surface area contributed by atoms with Crippen LogP contribution in [0.25, 0.3) is 28.1 Å². The van der Waals surface area contributed by atoms with Crippen LogP contribution in [0, 0.1) is 13.0 Å². The van der Waals surface area contributed by atoms with Gasteiger partial charge in [-0.25, -0.2) is 4.98 Å². The van der Waals surface area contributed by atoms with Crippen LogP contribution < -0.4 is 5.56 Å². The lowest BCUT2D eigenvalue weighted by Crippen LogP contribution is -2.24. The number of nitrogens with one attached hydrogen (secondary N) is 1. The summed E-state index contributed by atoms with van der Waals surface area (Å²) in [6.45, 7) is 2.00. The van der Waals surface area contributed by atoms with E-state index in [1.807, 2.05) is 54.0 Å². The minimum absolute atomic E-state index is 0.0810. The van der Waals surface area contributed by atoms with Crippen molar-refractivity contribution in [2.24, 2.45) is 0 Å². The number of halogens is 1. The maximum Gasteiger partial charge on any atom is 0.252 e. The lowest BCUT2D eigenvalue weighted by atomic mass is 10.0. The molecule has 1 N–H and O–H groups in total. The van der Waals surface area contributed by atoms with Crippen LogP contribution in [0.2, 0.25) is 5.02 Å². The Bertz CT molecular complexity index is 1550. The van der Waals surface area contributed by atoms with Crippen LogP contribution in [0.15, 0.2) is 65.7 Å². The van der Waals surface area contributed by atoms with E-state index in [0.29, 0.717) is 5.02 Å². The van der Waals surface area contributed by atoms with Gasteiger partial charge in [-0.3, -0.25) is 4.79 Å². The number of aryl methyl sites for hydroxylation is 2. The minimum Gasteiger partial charge on any atom is -0.344 e. The maximum absolute atomic E-state index is 13.4. The molecule has 4 heterocycles. The van der Waals surface area contributed by atoms with Gasteiger partial charge in [0, 0.05) is 33.6 Å². The summed E-state index contributed by atoms with van der Waals surface area (Å²) in [5, 5.41) is 12.0. The first kappa shape index (κ1) is 20.6. The van der Waals surface area contributed by atoms with Crippen molar-refractivity contribution in [3.63, 3.8) is 0 Å². The molecule has 1 atom stereocenters. The molecular weight excluding hydrogens is 450 g/mol. The normalized spacial score (nSPS) is 14.9. The topological polar surface area (TPSA) is 94.3 Å². The highest BCUT2D eigenvalue weighted by Crippen LogP contribution is 2.35. The average Bonchev–Trinajstić information content (AvgIpc) is 3.59. The number of hydrogen-bond donors (Lipinski definition) is 1. The van der Waals surface area contributed by atoms with E-state index in [4.69, 9.17) is 16.6 Å². The monoisotopic (exact) mass is 468 g/mol. The Labute approximate surface area is 199 Å². The molecule has 167 valence electrons. The molecule has 0 saturated carbocycles. The molecule has 34 heavy (non-hydrogen) atoms. The summed E-state index contributed by atoms with van der Waals surface area (Å²) >= 11 is 6.30. The highest BCUT2D eigenvalue weighted by molar-refractivity contribution is 6.31. The van der Waals surface area contributed by atoms with Crippen LogP contribution in [0.1, 0.15) is 29.7 Å². The molecule has 3 aromatic heterocycles. The molecule has 0 bridgehead atoms. The second-order valence-corrected chi connectivity index (χ2v) is 8.73. The molecule has 0 amide bonds. The van der Waals surface area contributed by atoms with Gasteiger partial charge in [-0.2, -0.15) is 4.68 Å². The standard InChI is InChI=1S/C25H19ClN7O/c1-15-24(16-5-3-2-4-6-16)29-25(28-15)22-10-8-19-11-17(12-23(34)33(19)22)20-13-18(26)7-9-21(20)32-14-27-30-31-32/h3-7,9,11-14,22H,8,10H2,1H3,(H,28,29)/t22-/m0/s1. The Kier molecular flexibility index (Phi) is 4.88. The lowest BCUT2D eigenvalue weighted by molar-refractivity contribution is 0.571. The second kappa shape index (κ2) is 8.07. The quantitative estimate of drug-likeness (QED) is 0.427. The largest absolute Gasteiger partial charge is 0.344 e. The molecule has 0 unspecified atom stereocenters. The lowest BCUT2D eigenvalue weighted by Gasteiger charge is -2.15. The molecule has 0 spiro atoms. The molecule has 8 nitrogen and oxygen atoms in total. The zero-order valence-electron chi connectivity index (χ0n) is 18.2. The second-order valence-electron chi connectivity index (χ2n) is 8.30. The molecule has 1 aliphatic rings. The number of pyridine rings is 1. The summed E-state index contributed by atoms with van der Waals surface area (Å²) in [5.74, 6) is 0.797.